The predicted molar refractivity (Wildman–Crippen MR) is 119 cm³/mol. The summed E-state index contributed by atoms with van der Waals surface area (Å²) in [6.45, 7) is 1.56. The van der Waals surface area contributed by atoms with Gasteiger partial charge in [0, 0.05) is 18.3 Å². The molecule has 3 rings (SSSR count). The van der Waals surface area contributed by atoms with Crippen molar-refractivity contribution in [2.24, 2.45) is 0 Å². The molecular weight excluding hydrogens is 378 g/mol. The minimum Gasteiger partial charge on any atom is -0.497 e. The molecule has 0 aromatic heterocycles. The van der Waals surface area contributed by atoms with Crippen molar-refractivity contribution in [2.75, 3.05) is 24.3 Å². The highest BCUT2D eigenvalue weighted by molar-refractivity contribution is 5.94. The number of rotatable bonds is 8. The lowest BCUT2D eigenvalue weighted by Gasteiger charge is -2.20. The van der Waals surface area contributed by atoms with Crippen LogP contribution in [0, 0.1) is 0 Å². The van der Waals surface area contributed by atoms with Crippen LogP contribution in [0.5, 0.6) is 5.75 Å². The summed E-state index contributed by atoms with van der Waals surface area (Å²) in [5.74, 6) is 0.442. The van der Waals surface area contributed by atoms with Gasteiger partial charge in [-0.3, -0.25) is 14.9 Å². The quantitative estimate of drug-likeness (QED) is 0.532. The Bertz CT molecular complexity index is 988. The standard InChI is InChI=1S/C24H25N3O3/c1-17(28)26-20-9-6-10-21(15-20)27-23(29)16-25-24(18-7-4-3-5-8-18)19-11-13-22(30-2)14-12-19/h3-15,24-25H,16H2,1-2H3,(H,26,28)(H,27,29)/t24-/m0/s1. The summed E-state index contributed by atoms with van der Waals surface area (Å²) in [4.78, 5) is 23.8. The molecule has 154 valence electrons. The Morgan fingerprint density at radius 3 is 2.10 bits per heavy atom. The van der Waals surface area contributed by atoms with Crippen LogP contribution in [0.2, 0.25) is 0 Å². The SMILES string of the molecule is COc1ccc([C@@H](NCC(=O)Nc2cccc(NC(C)=O)c2)c2ccccc2)cc1. The van der Waals surface area contributed by atoms with Crippen molar-refractivity contribution >= 4 is 23.2 Å². The second-order valence-corrected chi connectivity index (χ2v) is 6.81. The number of anilines is 2. The molecule has 0 saturated heterocycles. The zero-order valence-corrected chi connectivity index (χ0v) is 17.0. The maximum absolute atomic E-state index is 12.5. The van der Waals surface area contributed by atoms with Gasteiger partial charge in [0.1, 0.15) is 5.75 Å². The van der Waals surface area contributed by atoms with Gasteiger partial charge in [-0.2, -0.15) is 0 Å². The first-order valence-corrected chi connectivity index (χ1v) is 9.65. The molecule has 6 nitrogen and oxygen atoms in total. The van der Waals surface area contributed by atoms with Gasteiger partial charge in [0.2, 0.25) is 11.8 Å². The Labute approximate surface area is 176 Å². The molecule has 30 heavy (non-hydrogen) atoms. The normalized spacial score (nSPS) is 11.4. The van der Waals surface area contributed by atoms with Crippen molar-refractivity contribution in [2.45, 2.75) is 13.0 Å². The van der Waals surface area contributed by atoms with E-state index in [-0.39, 0.29) is 24.4 Å². The Hall–Kier alpha value is -3.64. The third-order valence-corrected chi connectivity index (χ3v) is 4.52. The molecule has 0 aliphatic carbocycles. The summed E-state index contributed by atoms with van der Waals surface area (Å²) >= 11 is 0. The summed E-state index contributed by atoms with van der Waals surface area (Å²) in [5, 5.41) is 8.90. The van der Waals surface area contributed by atoms with Gasteiger partial charge >= 0.3 is 0 Å². The Morgan fingerprint density at radius 1 is 0.833 bits per heavy atom. The first-order chi connectivity index (χ1) is 14.5. The van der Waals surface area contributed by atoms with Crippen molar-refractivity contribution in [3.63, 3.8) is 0 Å². The van der Waals surface area contributed by atoms with Crippen molar-refractivity contribution in [1.29, 1.82) is 0 Å². The van der Waals surface area contributed by atoms with Crippen LogP contribution in [-0.2, 0) is 9.59 Å². The minimum atomic E-state index is -0.176. The van der Waals surface area contributed by atoms with Crippen LogP contribution in [0.4, 0.5) is 11.4 Å². The number of carbonyl (C=O) groups is 2. The summed E-state index contributed by atoms with van der Waals surface area (Å²) in [7, 11) is 1.63. The van der Waals surface area contributed by atoms with E-state index in [1.54, 1.807) is 31.4 Å². The molecule has 0 saturated carbocycles. The number of amides is 2. The van der Waals surface area contributed by atoms with E-state index in [2.05, 4.69) is 16.0 Å². The monoisotopic (exact) mass is 403 g/mol. The average molecular weight is 403 g/mol. The fraction of sp³-hybridized carbons (Fsp3) is 0.167. The summed E-state index contributed by atoms with van der Waals surface area (Å²) in [6.07, 6.45) is 0. The molecule has 0 radical (unpaired) electrons. The molecule has 0 aliphatic rings. The smallest absolute Gasteiger partial charge is 0.238 e. The van der Waals surface area contributed by atoms with Crippen molar-refractivity contribution in [3.8, 4) is 5.75 Å². The molecule has 2 amide bonds. The molecule has 0 aliphatic heterocycles. The van der Waals surface area contributed by atoms with Crippen LogP contribution < -0.4 is 20.7 Å². The lowest BCUT2D eigenvalue weighted by Crippen LogP contribution is -2.32. The van der Waals surface area contributed by atoms with Gasteiger partial charge < -0.3 is 15.4 Å². The number of hydrogen-bond donors (Lipinski definition) is 3. The van der Waals surface area contributed by atoms with E-state index in [0.29, 0.717) is 11.4 Å². The number of ether oxygens (including phenoxy) is 1. The van der Waals surface area contributed by atoms with E-state index in [1.165, 1.54) is 6.92 Å². The molecule has 3 aromatic rings. The first kappa shape index (κ1) is 21.1. The van der Waals surface area contributed by atoms with Gasteiger partial charge in [-0.15, -0.1) is 0 Å². The molecule has 6 heteroatoms. The Morgan fingerprint density at radius 2 is 1.47 bits per heavy atom. The fourth-order valence-corrected chi connectivity index (χ4v) is 3.15. The topological polar surface area (TPSA) is 79.5 Å². The number of carbonyl (C=O) groups excluding carboxylic acids is 2. The van der Waals surface area contributed by atoms with E-state index in [1.807, 2.05) is 54.6 Å². The van der Waals surface area contributed by atoms with Gasteiger partial charge in [0.05, 0.1) is 19.7 Å². The van der Waals surface area contributed by atoms with E-state index in [0.717, 1.165) is 16.9 Å². The van der Waals surface area contributed by atoms with Crippen LogP contribution in [0.15, 0.2) is 78.9 Å². The van der Waals surface area contributed by atoms with E-state index >= 15 is 0 Å². The maximum Gasteiger partial charge on any atom is 0.238 e. The molecule has 0 heterocycles. The molecule has 3 N–H and O–H groups in total. The fourth-order valence-electron chi connectivity index (χ4n) is 3.15. The van der Waals surface area contributed by atoms with Crippen LogP contribution >= 0.6 is 0 Å². The lowest BCUT2D eigenvalue weighted by molar-refractivity contribution is -0.115. The molecular formula is C24H25N3O3. The van der Waals surface area contributed by atoms with Gasteiger partial charge in [-0.05, 0) is 41.5 Å². The Balaban J connectivity index is 1.69. The number of benzene rings is 3. The first-order valence-electron chi connectivity index (χ1n) is 9.65. The highest BCUT2D eigenvalue weighted by atomic mass is 16.5. The average Bonchev–Trinajstić information content (AvgIpc) is 2.75. The van der Waals surface area contributed by atoms with Crippen LogP contribution in [-0.4, -0.2) is 25.5 Å². The second kappa shape index (κ2) is 10.2. The number of methoxy groups -OCH3 is 1. The molecule has 0 spiro atoms. The van der Waals surface area contributed by atoms with E-state index in [4.69, 9.17) is 4.74 Å². The van der Waals surface area contributed by atoms with Crippen molar-refractivity contribution in [3.05, 3.63) is 90.0 Å². The molecule has 0 unspecified atom stereocenters. The van der Waals surface area contributed by atoms with Gasteiger partial charge in [-0.25, -0.2) is 0 Å². The second-order valence-electron chi connectivity index (χ2n) is 6.81. The molecule has 0 fully saturated rings. The third kappa shape index (κ3) is 5.93. The third-order valence-electron chi connectivity index (χ3n) is 4.52. The largest absolute Gasteiger partial charge is 0.497 e. The van der Waals surface area contributed by atoms with Crippen LogP contribution in [0.3, 0.4) is 0 Å². The van der Waals surface area contributed by atoms with Crippen molar-refractivity contribution in [1.82, 2.24) is 5.32 Å². The van der Waals surface area contributed by atoms with E-state index < -0.39 is 0 Å². The molecule has 0 bridgehead atoms. The Kier molecular flexibility index (Phi) is 7.19. The summed E-state index contributed by atoms with van der Waals surface area (Å²) in [6, 6.07) is 24.6. The van der Waals surface area contributed by atoms with Crippen LogP contribution in [0.25, 0.3) is 0 Å². The predicted octanol–water partition coefficient (Wildman–Crippen LogP) is 3.97. The number of hydrogen-bond acceptors (Lipinski definition) is 4. The lowest BCUT2D eigenvalue weighted by atomic mass is 9.98. The van der Waals surface area contributed by atoms with Gasteiger partial charge in [-0.1, -0.05) is 48.5 Å². The van der Waals surface area contributed by atoms with Gasteiger partial charge in [0.25, 0.3) is 0 Å². The van der Waals surface area contributed by atoms with Crippen LogP contribution in [0.1, 0.15) is 24.1 Å². The summed E-state index contributed by atoms with van der Waals surface area (Å²) < 4.78 is 5.24. The van der Waals surface area contributed by atoms with Gasteiger partial charge in [0.15, 0.2) is 0 Å². The maximum atomic E-state index is 12.5. The molecule has 1 atom stereocenters. The number of nitrogens with one attached hydrogen (secondary N) is 3. The van der Waals surface area contributed by atoms with E-state index in [9.17, 15) is 9.59 Å². The summed E-state index contributed by atoms with van der Waals surface area (Å²) in [5.41, 5.74) is 3.34. The highest BCUT2D eigenvalue weighted by Gasteiger charge is 2.15. The zero-order chi connectivity index (χ0) is 21.3. The molecule has 3 aromatic carbocycles. The zero-order valence-electron chi connectivity index (χ0n) is 17.0. The van der Waals surface area contributed by atoms with Crippen molar-refractivity contribution < 1.29 is 14.3 Å². The highest BCUT2D eigenvalue weighted by Crippen LogP contribution is 2.24. The minimum absolute atomic E-state index is 0.121.